The molecule has 4 rings (SSSR count). The van der Waals surface area contributed by atoms with Gasteiger partial charge in [0, 0.05) is 35.9 Å². The van der Waals surface area contributed by atoms with Crippen LogP contribution in [0.15, 0.2) is 41.8 Å². The summed E-state index contributed by atoms with van der Waals surface area (Å²) in [6.45, 7) is 0.868. The molecule has 0 unspecified atom stereocenters. The standard InChI is InChI=1S/C18H18F2N6O2S2/c19-14-8-17(30(27,28)25-18-21-11-24-29-18)15(20)7-13(14)10-26-6-2-1-3-16(26)12-4-5-22-23-9-12/h4-5,7-9,11,16H,1-3,6,10H2,(H,21,24,25)/t16-/m1/s1. The maximum Gasteiger partial charge on any atom is 0.266 e. The SMILES string of the molecule is O=S(=O)(Nc1ncns1)c1cc(F)c(CN2CCCC[C@@H]2c2ccnnc2)cc1F. The van der Waals surface area contributed by atoms with Gasteiger partial charge in [0.2, 0.25) is 5.13 Å². The zero-order valence-corrected chi connectivity index (χ0v) is 17.3. The van der Waals surface area contributed by atoms with Crippen LogP contribution in [0.1, 0.15) is 36.4 Å². The van der Waals surface area contributed by atoms with E-state index in [4.69, 9.17) is 0 Å². The van der Waals surface area contributed by atoms with Gasteiger partial charge in [-0.1, -0.05) is 6.42 Å². The molecule has 0 aliphatic carbocycles. The van der Waals surface area contributed by atoms with Crippen LogP contribution in [0.3, 0.4) is 0 Å². The molecule has 1 atom stereocenters. The van der Waals surface area contributed by atoms with Gasteiger partial charge < -0.3 is 0 Å². The van der Waals surface area contributed by atoms with E-state index in [1.807, 2.05) is 11.0 Å². The number of piperidine rings is 1. The number of benzene rings is 1. The fourth-order valence-electron chi connectivity index (χ4n) is 3.56. The van der Waals surface area contributed by atoms with Crippen molar-refractivity contribution in [2.75, 3.05) is 11.3 Å². The molecule has 0 saturated carbocycles. The molecule has 1 N–H and O–H groups in total. The van der Waals surface area contributed by atoms with E-state index in [2.05, 4.69) is 24.3 Å². The summed E-state index contributed by atoms with van der Waals surface area (Å²) in [7, 11) is -4.33. The molecule has 3 aromatic rings. The van der Waals surface area contributed by atoms with Crippen molar-refractivity contribution in [3.63, 3.8) is 0 Å². The largest absolute Gasteiger partial charge is 0.292 e. The van der Waals surface area contributed by atoms with E-state index < -0.39 is 26.6 Å². The van der Waals surface area contributed by atoms with E-state index in [9.17, 15) is 17.2 Å². The second-order valence-corrected chi connectivity index (χ2v) is 9.31. The normalized spacial score (nSPS) is 17.7. The molecule has 8 nitrogen and oxygen atoms in total. The van der Waals surface area contributed by atoms with E-state index in [1.165, 1.54) is 0 Å². The molecule has 0 amide bonds. The molecule has 1 fully saturated rings. The third-order valence-corrected chi connectivity index (χ3v) is 7.02. The van der Waals surface area contributed by atoms with Crippen molar-refractivity contribution < 1.29 is 17.2 Å². The number of nitrogens with one attached hydrogen (secondary N) is 1. The molecule has 1 aliphatic rings. The third kappa shape index (κ3) is 4.45. The average Bonchev–Trinajstić information content (AvgIpc) is 3.23. The molecule has 1 aromatic carbocycles. The monoisotopic (exact) mass is 452 g/mol. The van der Waals surface area contributed by atoms with Crippen LogP contribution in [0.5, 0.6) is 0 Å². The van der Waals surface area contributed by atoms with Gasteiger partial charge in [-0.05, 0) is 43.1 Å². The number of nitrogens with zero attached hydrogens (tertiary/aromatic N) is 5. The number of sulfonamides is 1. The molecule has 0 bridgehead atoms. The summed E-state index contributed by atoms with van der Waals surface area (Å²) in [6, 6.07) is 3.53. The van der Waals surface area contributed by atoms with Crippen LogP contribution in [-0.4, -0.2) is 39.4 Å². The second-order valence-electron chi connectivity index (χ2n) is 6.88. The molecular weight excluding hydrogens is 434 g/mol. The van der Waals surface area contributed by atoms with Crippen molar-refractivity contribution >= 4 is 26.7 Å². The quantitative estimate of drug-likeness (QED) is 0.613. The van der Waals surface area contributed by atoms with Gasteiger partial charge in [-0.25, -0.2) is 22.2 Å². The number of halogens is 2. The summed E-state index contributed by atoms with van der Waals surface area (Å²) in [4.78, 5) is 4.97. The predicted molar refractivity (Wildman–Crippen MR) is 106 cm³/mol. The zero-order chi connectivity index (χ0) is 21.1. The minimum absolute atomic E-state index is 0.0131. The summed E-state index contributed by atoms with van der Waals surface area (Å²) in [6.07, 6.45) is 7.28. The van der Waals surface area contributed by atoms with Crippen molar-refractivity contribution in [1.29, 1.82) is 0 Å². The molecule has 3 heterocycles. The highest BCUT2D eigenvalue weighted by atomic mass is 32.2. The minimum Gasteiger partial charge on any atom is -0.292 e. The summed E-state index contributed by atoms with van der Waals surface area (Å²) >= 11 is 0.795. The Morgan fingerprint density at radius 3 is 2.80 bits per heavy atom. The molecule has 0 spiro atoms. The first-order valence-corrected chi connectivity index (χ1v) is 11.5. The van der Waals surface area contributed by atoms with Gasteiger partial charge >= 0.3 is 0 Å². The Morgan fingerprint density at radius 2 is 2.07 bits per heavy atom. The molecule has 0 radical (unpaired) electrons. The van der Waals surface area contributed by atoms with E-state index in [-0.39, 0.29) is 23.3 Å². The third-order valence-electron chi connectivity index (χ3n) is 4.95. The fourth-order valence-corrected chi connectivity index (χ4v) is 5.29. The second kappa shape index (κ2) is 8.66. The lowest BCUT2D eigenvalue weighted by molar-refractivity contribution is 0.138. The highest BCUT2D eigenvalue weighted by Crippen LogP contribution is 2.32. The number of hydrogen-bond acceptors (Lipinski definition) is 8. The zero-order valence-electron chi connectivity index (χ0n) is 15.7. The van der Waals surface area contributed by atoms with Gasteiger partial charge in [0.1, 0.15) is 22.9 Å². The molecule has 158 valence electrons. The first-order chi connectivity index (χ1) is 14.4. The van der Waals surface area contributed by atoms with Gasteiger partial charge in [0.15, 0.2) is 0 Å². The van der Waals surface area contributed by atoms with E-state index >= 15 is 0 Å². The Labute approximate surface area is 176 Å². The highest BCUT2D eigenvalue weighted by molar-refractivity contribution is 7.93. The van der Waals surface area contributed by atoms with Gasteiger partial charge in [0.25, 0.3) is 10.0 Å². The average molecular weight is 453 g/mol. The van der Waals surface area contributed by atoms with Crippen LogP contribution in [0.4, 0.5) is 13.9 Å². The van der Waals surface area contributed by atoms with Crippen molar-refractivity contribution in [2.45, 2.75) is 36.7 Å². The number of anilines is 1. The number of aromatic nitrogens is 4. The molecule has 2 aromatic heterocycles. The van der Waals surface area contributed by atoms with Gasteiger partial charge in [0.05, 0.1) is 6.20 Å². The summed E-state index contributed by atoms with van der Waals surface area (Å²) in [5, 5.41) is 7.67. The van der Waals surface area contributed by atoms with Crippen molar-refractivity contribution in [2.24, 2.45) is 0 Å². The molecule has 30 heavy (non-hydrogen) atoms. The Hall–Kier alpha value is -2.57. The highest BCUT2D eigenvalue weighted by Gasteiger charge is 2.27. The van der Waals surface area contributed by atoms with Gasteiger partial charge in [-0.15, -0.1) is 0 Å². The maximum atomic E-state index is 14.8. The van der Waals surface area contributed by atoms with Crippen LogP contribution in [0.2, 0.25) is 0 Å². The van der Waals surface area contributed by atoms with Crippen LogP contribution in [0, 0.1) is 11.6 Å². The van der Waals surface area contributed by atoms with E-state index in [1.54, 1.807) is 12.4 Å². The van der Waals surface area contributed by atoms with Crippen LogP contribution in [-0.2, 0) is 16.6 Å². The first-order valence-electron chi connectivity index (χ1n) is 9.22. The summed E-state index contributed by atoms with van der Waals surface area (Å²) in [5.41, 5.74) is 1.06. The Kier molecular flexibility index (Phi) is 5.97. The number of likely N-dealkylation sites (tertiary alicyclic amines) is 1. The predicted octanol–water partition coefficient (Wildman–Crippen LogP) is 3.13. The Bertz CT molecular complexity index is 1110. The lowest BCUT2D eigenvalue weighted by Gasteiger charge is -2.36. The number of hydrogen-bond donors (Lipinski definition) is 1. The van der Waals surface area contributed by atoms with Gasteiger partial charge in [-0.2, -0.15) is 14.6 Å². The van der Waals surface area contributed by atoms with Crippen LogP contribution >= 0.6 is 11.5 Å². The minimum atomic E-state index is -4.33. The number of rotatable bonds is 6. The topological polar surface area (TPSA) is 101 Å². The summed E-state index contributed by atoms with van der Waals surface area (Å²) < 4.78 is 60.1. The maximum absolute atomic E-state index is 14.8. The van der Waals surface area contributed by atoms with E-state index in [0.717, 1.165) is 48.8 Å². The van der Waals surface area contributed by atoms with Crippen LogP contribution in [0.25, 0.3) is 0 Å². The van der Waals surface area contributed by atoms with Gasteiger partial charge in [-0.3, -0.25) is 9.62 Å². The lowest BCUT2D eigenvalue weighted by Crippen LogP contribution is -2.33. The first kappa shape index (κ1) is 20.7. The smallest absolute Gasteiger partial charge is 0.266 e. The van der Waals surface area contributed by atoms with Crippen molar-refractivity contribution in [3.8, 4) is 0 Å². The molecule has 12 heteroatoms. The molecule has 1 aliphatic heterocycles. The van der Waals surface area contributed by atoms with E-state index in [0.29, 0.717) is 12.6 Å². The van der Waals surface area contributed by atoms with Crippen molar-refractivity contribution in [1.82, 2.24) is 24.5 Å². The molecular formula is C18H18F2N6O2S2. The lowest BCUT2D eigenvalue weighted by atomic mass is 9.96. The Balaban J connectivity index is 1.58. The van der Waals surface area contributed by atoms with Crippen LogP contribution < -0.4 is 4.72 Å². The molecule has 1 saturated heterocycles. The Morgan fingerprint density at radius 1 is 1.20 bits per heavy atom. The summed E-state index contributed by atoms with van der Waals surface area (Å²) in [5.74, 6) is -1.81. The fraction of sp³-hybridized carbons (Fsp3) is 0.333. The van der Waals surface area contributed by atoms with Crippen molar-refractivity contribution in [3.05, 3.63) is 59.7 Å².